The lowest BCUT2D eigenvalue weighted by Crippen LogP contribution is -2.16. The molecule has 0 aliphatic rings. The lowest BCUT2D eigenvalue weighted by Gasteiger charge is -2.28. The first-order valence-electron chi connectivity index (χ1n) is 9.74. The molecular weight excluding hydrogens is 322 g/mol. The van der Waals surface area contributed by atoms with Crippen LogP contribution in [0.4, 0.5) is 0 Å². The van der Waals surface area contributed by atoms with Crippen molar-refractivity contribution >= 4 is 0 Å². The maximum Gasteiger partial charge on any atom is 0.126 e. The zero-order valence-electron chi connectivity index (χ0n) is 16.6. The molecule has 0 aromatic heterocycles. The predicted octanol–water partition coefficient (Wildman–Crippen LogP) is 5.28. The molecule has 26 heavy (non-hydrogen) atoms. The Bertz CT molecular complexity index is 684. The van der Waals surface area contributed by atoms with Gasteiger partial charge in [-0.1, -0.05) is 50.6 Å². The number of benzene rings is 2. The maximum atomic E-state index is 5.99. The van der Waals surface area contributed by atoms with Gasteiger partial charge in [0.2, 0.25) is 0 Å². The highest BCUT2D eigenvalue weighted by Crippen LogP contribution is 2.41. The molecule has 2 rings (SSSR count). The Balaban J connectivity index is 2.45. The molecule has 0 aliphatic heterocycles. The minimum atomic E-state index is 0.311. The SMILES string of the molecule is CCCc1ccccc1C(C)C(CCN)c1ccc(OC)cc1OCC. The summed E-state index contributed by atoms with van der Waals surface area (Å²) in [7, 11) is 1.69. The van der Waals surface area contributed by atoms with E-state index in [1.807, 2.05) is 19.1 Å². The number of methoxy groups -OCH3 is 1. The minimum Gasteiger partial charge on any atom is -0.497 e. The highest BCUT2D eigenvalue weighted by molar-refractivity contribution is 5.45. The fourth-order valence-electron chi connectivity index (χ4n) is 3.78. The third-order valence-electron chi connectivity index (χ3n) is 5.07. The molecule has 3 nitrogen and oxygen atoms in total. The fraction of sp³-hybridized carbons (Fsp3) is 0.478. The van der Waals surface area contributed by atoms with E-state index in [0.29, 0.717) is 25.0 Å². The summed E-state index contributed by atoms with van der Waals surface area (Å²) in [5.74, 6) is 2.41. The summed E-state index contributed by atoms with van der Waals surface area (Å²) in [6.07, 6.45) is 3.18. The molecule has 0 radical (unpaired) electrons. The van der Waals surface area contributed by atoms with Gasteiger partial charge in [-0.2, -0.15) is 0 Å². The Labute approximate surface area is 158 Å². The first-order valence-corrected chi connectivity index (χ1v) is 9.74. The van der Waals surface area contributed by atoms with Crippen LogP contribution < -0.4 is 15.2 Å². The van der Waals surface area contributed by atoms with E-state index >= 15 is 0 Å². The van der Waals surface area contributed by atoms with Gasteiger partial charge >= 0.3 is 0 Å². The Morgan fingerprint density at radius 1 is 1.04 bits per heavy atom. The lowest BCUT2D eigenvalue weighted by atomic mass is 9.78. The molecule has 0 saturated heterocycles. The topological polar surface area (TPSA) is 44.5 Å². The van der Waals surface area contributed by atoms with E-state index in [2.05, 4.69) is 44.2 Å². The van der Waals surface area contributed by atoms with Crippen LogP contribution in [-0.4, -0.2) is 20.3 Å². The average molecular weight is 356 g/mol. The van der Waals surface area contributed by atoms with Crippen molar-refractivity contribution in [3.8, 4) is 11.5 Å². The van der Waals surface area contributed by atoms with Crippen LogP contribution in [0.25, 0.3) is 0 Å². The van der Waals surface area contributed by atoms with Crippen LogP contribution in [0.5, 0.6) is 11.5 Å². The molecule has 0 aliphatic carbocycles. The van der Waals surface area contributed by atoms with Gasteiger partial charge in [0.1, 0.15) is 11.5 Å². The molecule has 0 spiro atoms. The summed E-state index contributed by atoms with van der Waals surface area (Å²) in [6.45, 7) is 7.85. The van der Waals surface area contributed by atoms with Gasteiger partial charge in [0.15, 0.2) is 0 Å². The van der Waals surface area contributed by atoms with E-state index in [1.54, 1.807) is 7.11 Å². The normalized spacial score (nSPS) is 13.3. The lowest BCUT2D eigenvalue weighted by molar-refractivity contribution is 0.327. The van der Waals surface area contributed by atoms with E-state index in [1.165, 1.54) is 16.7 Å². The second-order valence-electron chi connectivity index (χ2n) is 6.76. The van der Waals surface area contributed by atoms with E-state index in [-0.39, 0.29) is 0 Å². The van der Waals surface area contributed by atoms with E-state index < -0.39 is 0 Å². The van der Waals surface area contributed by atoms with Crippen LogP contribution in [0.15, 0.2) is 42.5 Å². The van der Waals surface area contributed by atoms with Crippen molar-refractivity contribution in [3.05, 3.63) is 59.2 Å². The molecule has 2 aromatic carbocycles. The molecule has 3 heteroatoms. The number of nitrogens with two attached hydrogens (primary N) is 1. The van der Waals surface area contributed by atoms with Gasteiger partial charge in [-0.25, -0.2) is 0 Å². The van der Waals surface area contributed by atoms with Crippen molar-refractivity contribution in [1.29, 1.82) is 0 Å². The summed E-state index contributed by atoms with van der Waals surface area (Å²) in [4.78, 5) is 0. The van der Waals surface area contributed by atoms with Gasteiger partial charge in [0.05, 0.1) is 13.7 Å². The van der Waals surface area contributed by atoms with Crippen LogP contribution >= 0.6 is 0 Å². The second-order valence-corrected chi connectivity index (χ2v) is 6.76. The van der Waals surface area contributed by atoms with Gasteiger partial charge in [0, 0.05) is 6.07 Å². The first kappa shape index (κ1) is 20.3. The molecule has 0 saturated carbocycles. The number of hydrogen-bond acceptors (Lipinski definition) is 3. The summed E-state index contributed by atoms with van der Waals surface area (Å²) in [5.41, 5.74) is 10.1. The smallest absolute Gasteiger partial charge is 0.126 e. The summed E-state index contributed by atoms with van der Waals surface area (Å²) in [5, 5.41) is 0. The van der Waals surface area contributed by atoms with E-state index in [0.717, 1.165) is 30.8 Å². The highest BCUT2D eigenvalue weighted by atomic mass is 16.5. The number of rotatable bonds is 10. The molecule has 0 heterocycles. The molecule has 142 valence electrons. The number of ether oxygens (including phenoxy) is 2. The van der Waals surface area contributed by atoms with Gasteiger partial charge in [-0.05, 0) is 60.9 Å². The number of aryl methyl sites for hydroxylation is 1. The summed E-state index contributed by atoms with van der Waals surface area (Å²) >= 11 is 0. The van der Waals surface area contributed by atoms with Crippen molar-refractivity contribution < 1.29 is 9.47 Å². The van der Waals surface area contributed by atoms with E-state index in [4.69, 9.17) is 15.2 Å². The summed E-state index contributed by atoms with van der Waals surface area (Å²) in [6, 6.07) is 15.0. The third-order valence-corrected chi connectivity index (χ3v) is 5.07. The van der Waals surface area contributed by atoms with E-state index in [9.17, 15) is 0 Å². The third kappa shape index (κ3) is 4.79. The van der Waals surface area contributed by atoms with Gasteiger partial charge in [-0.3, -0.25) is 0 Å². The zero-order chi connectivity index (χ0) is 18.9. The molecule has 2 aromatic rings. The standard InChI is InChI=1S/C23H33NO2/c1-5-9-18-10-7-8-11-20(18)17(3)21(14-15-24)22-13-12-19(25-4)16-23(22)26-6-2/h7-8,10-13,16-17,21H,5-6,9,14-15,24H2,1-4H3. The van der Waals surface area contributed by atoms with Crippen LogP contribution in [0.1, 0.15) is 62.1 Å². The minimum absolute atomic E-state index is 0.311. The van der Waals surface area contributed by atoms with Crippen LogP contribution in [0, 0.1) is 0 Å². The van der Waals surface area contributed by atoms with Crippen molar-refractivity contribution in [1.82, 2.24) is 0 Å². The average Bonchev–Trinajstić information content (AvgIpc) is 2.67. The first-order chi connectivity index (χ1) is 12.7. The molecule has 0 amide bonds. The number of hydrogen-bond donors (Lipinski definition) is 1. The Hall–Kier alpha value is -2.00. The maximum absolute atomic E-state index is 5.99. The fourth-order valence-corrected chi connectivity index (χ4v) is 3.78. The van der Waals surface area contributed by atoms with Crippen molar-refractivity contribution in [2.45, 2.75) is 51.9 Å². The highest BCUT2D eigenvalue weighted by Gasteiger charge is 2.25. The Morgan fingerprint density at radius 3 is 2.46 bits per heavy atom. The molecular formula is C23H33NO2. The van der Waals surface area contributed by atoms with Crippen LogP contribution in [-0.2, 0) is 6.42 Å². The molecule has 2 atom stereocenters. The van der Waals surface area contributed by atoms with Crippen LogP contribution in [0.3, 0.4) is 0 Å². The second kappa shape index (κ2) is 10.2. The van der Waals surface area contributed by atoms with Crippen LogP contribution in [0.2, 0.25) is 0 Å². The molecule has 2 unspecified atom stereocenters. The van der Waals surface area contributed by atoms with Crippen molar-refractivity contribution in [2.75, 3.05) is 20.3 Å². The quantitative estimate of drug-likeness (QED) is 0.630. The molecule has 0 fully saturated rings. The zero-order valence-corrected chi connectivity index (χ0v) is 16.6. The molecule has 2 N–H and O–H groups in total. The predicted molar refractivity (Wildman–Crippen MR) is 109 cm³/mol. The Morgan fingerprint density at radius 2 is 1.81 bits per heavy atom. The Kier molecular flexibility index (Phi) is 7.99. The summed E-state index contributed by atoms with van der Waals surface area (Å²) < 4.78 is 11.3. The van der Waals surface area contributed by atoms with Gasteiger partial charge < -0.3 is 15.2 Å². The van der Waals surface area contributed by atoms with Gasteiger partial charge in [0.25, 0.3) is 0 Å². The largest absolute Gasteiger partial charge is 0.497 e. The van der Waals surface area contributed by atoms with Crippen molar-refractivity contribution in [3.63, 3.8) is 0 Å². The van der Waals surface area contributed by atoms with Crippen molar-refractivity contribution in [2.24, 2.45) is 5.73 Å². The monoisotopic (exact) mass is 355 g/mol. The molecule has 0 bridgehead atoms. The van der Waals surface area contributed by atoms with Gasteiger partial charge in [-0.15, -0.1) is 0 Å².